The van der Waals surface area contributed by atoms with Crippen LogP contribution in [0.4, 0.5) is 0 Å². The average molecular weight is 335 g/mol. The largest absolute Gasteiger partial charge is 0.480 e. The molecule has 0 saturated carbocycles. The van der Waals surface area contributed by atoms with Crippen LogP contribution in [0.2, 0.25) is 0 Å². The van der Waals surface area contributed by atoms with E-state index in [1.165, 1.54) is 0 Å². The molecule has 0 unspecified atom stereocenters. The Morgan fingerprint density at radius 3 is 2.17 bits per heavy atom. The van der Waals surface area contributed by atoms with Gasteiger partial charge in [0.05, 0.1) is 0 Å². The molecule has 2 N–H and O–H groups in total. The second kappa shape index (κ2) is 8.83. The van der Waals surface area contributed by atoms with Crippen LogP contribution in [0.5, 0.6) is 0 Å². The topological polar surface area (TPSA) is 75.6 Å². The molecule has 0 fully saturated rings. The molecule has 0 radical (unpaired) electrons. The van der Waals surface area contributed by atoms with Crippen LogP contribution in [0.25, 0.3) is 0 Å². The summed E-state index contributed by atoms with van der Waals surface area (Å²) in [6, 6.07) is 8.03. The number of carbonyl (C=O) groups excluding carboxylic acids is 1. The summed E-state index contributed by atoms with van der Waals surface area (Å²) in [5.41, 5.74) is 0.333. The van der Waals surface area contributed by atoms with E-state index in [9.17, 15) is 14.7 Å². The number of carbonyl (C=O) groups is 2. The zero-order chi connectivity index (χ0) is 18.3. The van der Waals surface area contributed by atoms with Crippen LogP contribution >= 0.6 is 0 Å². The Balaban J connectivity index is 2.94. The van der Waals surface area contributed by atoms with Crippen LogP contribution in [-0.4, -0.2) is 34.7 Å². The summed E-state index contributed by atoms with van der Waals surface area (Å²) in [5.74, 6) is -1.18. The Morgan fingerprint density at radius 1 is 1.12 bits per heavy atom. The van der Waals surface area contributed by atoms with Crippen molar-refractivity contribution in [1.29, 1.82) is 0 Å². The number of hydrogen-bond donors (Lipinski definition) is 2. The third-order valence-electron chi connectivity index (χ3n) is 3.38. The van der Waals surface area contributed by atoms with Gasteiger partial charge in [0.25, 0.3) is 0 Å². The van der Waals surface area contributed by atoms with E-state index < -0.39 is 29.6 Å². The van der Waals surface area contributed by atoms with Crippen molar-refractivity contribution in [1.82, 2.24) is 5.32 Å². The molecule has 0 heterocycles. The lowest BCUT2D eigenvalue weighted by atomic mass is 10.0. The van der Waals surface area contributed by atoms with Crippen molar-refractivity contribution in [3.05, 3.63) is 35.9 Å². The molecule has 24 heavy (non-hydrogen) atoms. The fraction of sp³-hybridized carbons (Fsp3) is 0.579. The predicted molar refractivity (Wildman–Crippen MR) is 93.8 cm³/mol. The Kier molecular flexibility index (Phi) is 7.42. The molecule has 1 aromatic carbocycles. The molecule has 0 aliphatic rings. The lowest BCUT2D eigenvalue weighted by molar-refractivity contribution is -0.158. The SMILES string of the molecule is CC(C)C[C@H](N[C@H](Cc1ccccc1)C(=O)OC(C)(C)C)C(=O)O. The number of benzene rings is 1. The zero-order valence-corrected chi connectivity index (χ0v) is 15.2. The number of aliphatic carboxylic acids is 1. The minimum absolute atomic E-state index is 0.203. The van der Waals surface area contributed by atoms with Crippen molar-refractivity contribution in [2.24, 2.45) is 5.92 Å². The van der Waals surface area contributed by atoms with Crippen LogP contribution < -0.4 is 5.32 Å². The number of carboxylic acids is 1. The van der Waals surface area contributed by atoms with E-state index >= 15 is 0 Å². The Morgan fingerprint density at radius 2 is 1.71 bits per heavy atom. The van der Waals surface area contributed by atoms with Gasteiger partial charge in [-0.25, -0.2) is 0 Å². The molecule has 5 nitrogen and oxygen atoms in total. The van der Waals surface area contributed by atoms with E-state index in [4.69, 9.17) is 4.74 Å². The Hall–Kier alpha value is -1.88. The number of ether oxygens (including phenoxy) is 1. The van der Waals surface area contributed by atoms with Crippen LogP contribution in [0.3, 0.4) is 0 Å². The summed E-state index contributed by atoms with van der Waals surface area (Å²) in [6.45, 7) is 9.31. The molecule has 134 valence electrons. The summed E-state index contributed by atoms with van der Waals surface area (Å²) in [6.07, 6.45) is 0.834. The summed E-state index contributed by atoms with van der Waals surface area (Å²) >= 11 is 0. The molecule has 0 aliphatic carbocycles. The van der Waals surface area contributed by atoms with Gasteiger partial charge in [0, 0.05) is 0 Å². The highest BCUT2D eigenvalue weighted by Gasteiger charge is 2.30. The van der Waals surface area contributed by atoms with Gasteiger partial charge in [-0.3, -0.25) is 14.9 Å². The zero-order valence-electron chi connectivity index (χ0n) is 15.2. The van der Waals surface area contributed by atoms with E-state index in [0.717, 1.165) is 5.56 Å². The number of rotatable bonds is 8. The monoisotopic (exact) mass is 335 g/mol. The van der Waals surface area contributed by atoms with Gasteiger partial charge in [-0.2, -0.15) is 0 Å². The summed E-state index contributed by atoms with van der Waals surface area (Å²) in [4.78, 5) is 24.0. The van der Waals surface area contributed by atoms with Crippen molar-refractivity contribution in [3.63, 3.8) is 0 Å². The third kappa shape index (κ3) is 7.59. The molecule has 1 aromatic rings. The van der Waals surface area contributed by atoms with Crippen LogP contribution in [-0.2, 0) is 20.7 Å². The maximum absolute atomic E-state index is 12.5. The minimum Gasteiger partial charge on any atom is -0.480 e. The first-order valence-corrected chi connectivity index (χ1v) is 8.34. The van der Waals surface area contributed by atoms with Gasteiger partial charge >= 0.3 is 11.9 Å². The number of esters is 1. The van der Waals surface area contributed by atoms with Crippen molar-refractivity contribution < 1.29 is 19.4 Å². The fourth-order valence-corrected chi connectivity index (χ4v) is 2.39. The summed E-state index contributed by atoms with van der Waals surface area (Å²) in [5, 5.41) is 12.4. The molecule has 0 aliphatic heterocycles. The second-order valence-electron chi connectivity index (χ2n) is 7.46. The molecule has 0 aromatic heterocycles. The van der Waals surface area contributed by atoms with Gasteiger partial charge in [0.1, 0.15) is 17.7 Å². The van der Waals surface area contributed by atoms with E-state index in [2.05, 4.69) is 5.32 Å². The number of nitrogens with one attached hydrogen (secondary N) is 1. The van der Waals surface area contributed by atoms with E-state index in [-0.39, 0.29) is 5.92 Å². The molecular weight excluding hydrogens is 306 g/mol. The predicted octanol–water partition coefficient (Wildman–Crippen LogP) is 3.03. The van der Waals surface area contributed by atoms with Gasteiger partial charge in [-0.1, -0.05) is 44.2 Å². The normalized spacial score (nSPS) is 14.2. The van der Waals surface area contributed by atoms with Crippen molar-refractivity contribution >= 4 is 11.9 Å². The van der Waals surface area contributed by atoms with E-state index in [1.54, 1.807) is 20.8 Å². The molecule has 5 heteroatoms. The maximum Gasteiger partial charge on any atom is 0.324 e. The second-order valence-corrected chi connectivity index (χ2v) is 7.46. The van der Waals surface area contributed by atoms with Gasteiger partial charge in [-0.05, 0) is 45.1 Å². The average Bonchev–Trinajstić information content (AvgIpc) is 2.44. The van der Waals surface area contributed by atoms with Crippen LogP contribution in [0, 0.1) is 5.92 Å². The van der Waals surface area contributed by atoms with Crippen LogP contribution in [0.1, 0.15) is 46.6 Å². The molecule has 0 bridgehead atoms. The molecule has 1 rings (SSSR count). The number of carboxylic acid groups (broad SMARTS) is 1. The molecular formula is C19H29NO4. The van der Waals surface area contributed by atoms with Crippen molar-refractivity contribution in [2.75, 3.05) is 0 Å². The Bertz CT molecular complexity index is 534. The number of hydrogen-bond acceptors (Lipinski definition) is 4. The van der Waals surface area contributed by atoms with E-state index in [0.29, 0.717) is 12.8 Å². The lowest BCUT2D eigenvalue weighted by Crippen LogP contribution is -2.50. The first-order valence-electron chi connectivity index (χ1n) is 8.34. The minimum atomic E-state index is -0.953. The maximum atomic E-state index is 12.5. The summed E-state index contributed by atoms with van der Waals surface area (Å²) in [7, 11) is 0. The van der Waals surface area contributed by atoms with Crippen molar-refractivity contribution in [2.45, 2.75) is 65.1 Å². The highest BCUT2D eigenvalue weighted by atomic mass is 16.6. The first-order chi connectivity index (χ1) is 11.1. The van der Waals surface area contributed by atoms with Crippen LogP contribution in [0.15, 0.2) is 30.3 Å². The third-order valence-corrected chi connectivity index (χ3v) is 3.38. The highest BCUT2D eigenvalue weighted by molar-refractivity contribution is 5.79. The fourth-order valence-electron chi connectivity index (χ4n) is 2.39. The quantitative estimate of drug-likeness (QED) is 0.714. The standard InChI is InChI=1S/C19H29NO4/c1-13(2)11-15(17(21)22)20-16(18(23)24-19(3,4)5)12-14-9-7-6-8-10-14/h6-10,13,15-16,20H,11-12H2,1-5H3,(H,21,22)/t15-,16+/m0/s1. The smallest absolute Gasteiger partial charge is 0.324 e. The Labute approximate surface area is 144 Å². The highest BCUT2D eigenvalue weighted by Crippen LogP contribution is 2.14. The van der Waals surface area contributed by atoms with Gasteiger partial charge in [0.2, 0.25) is 0 Å². The lowest BCUT2D eigenvalue weighted by Gasteiger charge is -2.27. The molecule has 0 amide bonds. The van der Waals surface area contributed by atoms with Gasteiger partial charge in [0.15, 0.2) is 0 Å². The molecule has 0 saturated heterocycles. The first kappa shape index (κ1) is 20.2. The molecule has 0 spiro atoms. The van der Waals surface area contributed by atoms with E-state index in [1.807, 2.05) is 44.2 Å². The summed E-state index contributed by atoms with van der Waals surface area (Å²) < 4.78 is 5.46. The van der Waals surface area contributed by atoms with Crippen molar-refractivity contribution in [3.8, 4) is 0 Å². The van der Waals surface area contributed by atoms with Gasteiger partial charge in [-0.15, -0.1) is 0 Å². The van der Waals surface area contributed by atoms with Gasteiger partial charge < -0.3 is 9.84 Å². The molecule has 2 atom stereocenters.